The van der Waals surface area contributed by atoms with Crippen LogP contribution in [0.25, 0.3) is 10.9 Å². The fraction of sp³-hybridized carbons (Fsp3) is 0.571. The van der Waals surface area contributed by atoms with Crippen LogP contribution >= 0.6 is 0 Å². The molecule has 140 valence electrons. The van der Waals surface area contributed by atoms with Crippen LogP contribution in [0.4, 0.5) is 0 Å². The van der Waals surface area contributed by atoms with E-state index in [9.17, 15) is 0 Å². The first kappa shape index (κ1) is 17.4. The summed E-state index contributed by atoms with van der Waals surface area (Å²) in [6, 6.07) is 7.01. The number of H-pyrrole nitrogens is 1. The van der Waals surface area contributed by atoms with Gasteiger partial charge in [-0.1, -0.05) is 26.0 Å². The van der Waals surface area contributed by atoms with Crippen molar-refractivity contribution >= 4 is 16.9 Å². The highest BCUT2D eigenvalue weighted by Crippen LogP contribution is 2.52. The number of ether oxygens (including phenoxy) is 1. The topological polar surface area (TPSA) is 61.4 Å². The predicted octanol–water partition coefficient (Wildman–Crippen LogP) is 3.00. The Hall–Kier alpha value is -2.01. The standard InChI is InChI=1S/C21H30N4O/c1-13-5-6-15-14(12-24-17(15)11-13)7-9-23-20(22-4)25-18-16-8-10-26-19(16)21(18,2)3/h5-6,11-12,16,18-19,24H,7-10H2,1-4H3,(H2,22,23,25). The van der Waals surface area contributed by atoms with Gasteiger partial charge in [-0.3, -0.25) is 4.99 Å². The van der Waals surface area contributed by atoms with Crippen LogP contribution in [-0.4, -0.2) is 43.3 Å². The Kier molecular flexibility index (Phi) is 4.43. The van der Waals surface area contributed by atoms with E-state index in [0.717, 1.165) is 32.0 Å². The average Bonchev–Trinajstić information content (AvgIpc) is 3.23. The highest BCUT2D eigenvalue weighted by Gasteiger charge is 2.59. The summed E-state index contributed by atoms with van der Waals surface area (Å²) in [5.41, 5.74) is 4.00. The van der Waals surface area contributed by atoms with Gasteiger partial charge < -0.3 is 20.4 Å². The van der Waals surface area contributed by atoms with Crippen LogP contribution in [0.3, 0.4) is 0 Å². The van der Waals surface area contributed by atoms with Crippen molar-refractivity contribution in [3.63, 3.8) is 0 Å². The second-order valence-corrected chi connectivity index (χ2v) is 8.30. The summed E-state index contributed by atoms with van der Waals surface area (Å²) >= 11 is 0. The van der Waals surface area contributed by atoms with E-state index in [1.165, 1.54) is 22.0 Å². The number of aromatic nitrogens is 1. The molecular weight excluding hydrogens is 324 g/mol. The van der Waals surface area contributed by atoms with Gasteiger partial charge in [0.2, 0.25) is 0 Å². The van der Waals surface area contributed by atoms with Crippen molar-refractivity contribution in [2.75, 3.05) is 20.2 Å². The lowest BCUT2D eigenvalue weighted by molar-refractivity contribution is -0.106. The van der Waals surface area contributed by atoms with E-state index in [1.807, 2.05) is 7.05 Å². The summed E-state index contributed by atoms with van der Waals surface area (Å²) in [6.07, 6.45) is 4.63. The van der Waals surface area contributed by atoms with Gasteiger partial charge in [-0.05, 0) is 37.0 Å². The van der Waals surface area contributed by atoms with Crippen LogP contribution < -0.4 is 10.6 Å². The minimum absolute atomic E-state index is 0.160. The molecule has 2 heterocycles. The summed E-state index contributed by atoms with van der Waals surface area (Å²) in [5.74, 6) is 1.50. The lowest BCUT2D eigenvalue weighted by Crippen LogP contribution is -2.68. The average molecular weight is 354 g/mol. The number of nitrogens with zero attached hydrogens (tertiary/aromatic N) is 1. The molecule has 5 nitrogen and oxygen atoms in total. The molecule has 1 aliphatic carbocycles. The van der Waals surface area contributed by atoms with Crippen LogP contribution in [0.2, 0.25) is 0 Å². The monoisotopic (exact) mass is 354 g/mol. The highest BCUT2D eigenvalue weighted by atomic mass is 16.5. The van der Waals surface area contributed by atoms with Gasteiger partial charge in [0.15, 0.2) is 5.96 Å². The molecule has 1 aliphatic heterocycles. The molecule has 0 bridgehead atoms. The third-order valence-electron chi connectivity index (χ3n) is 6.23. The van der Waals surface area contributed by atoms with E-state index < -0.39 is 0 Å². The number of rotatable bonds is 4. The Labute approximate surface area is 155 Å². The van der Waals surface area contributed by atoms with E-state index in [1.54, 1.807) is 0 Å². The number of guanidine groups is 1. The second kappa shape index (κ2) is 6.62. The maximum Gasteiger partial charge on any atom is 0.191 e. The molecule has 0 radical (unpaired) electrons. The van der Waals surface area contributed by atoms with Gasteiger partial charge >= 0.3 is 0 Å². The fourth-order valence-electron chi connectivity index (χ4n) is 4.78. The molecule has 1 aromatic carbocycles. The number of aliphatic imine (C=N–C) groups is 1. The van der Waals surface area contributed by atoms with Crippen molar-refractivity contribution in [1.82, 2.24) is 15.6 Å². The Morgan fingerprint density at radius 1 is 1.38 bits per heavy atom. The SMILES string of the molecule is CN=C(NCCc1c[nH]c2cc(C)ccc12)NC1C2CCOC2C1(C)C. The van der Waals surface area contributed by atoms with Crippen molar-refractivity contribution in [3.8, 4) is 0 Å². The molecular formula is C21H30N4O. The van der Waals surface area contributed by atoms with E-state index in [2.05, 4.69) is 65.8 Å². The van der Waals surface area contributed by atoms with Gasteiger partial charge in [0.25, 0.3) is 0 Å². The molecule has 26 heavy (non-hydrogen) atoms. The van der Waals surface area contributed by atoms with Crippen molar-refractivity contribution < 1.29 is 4.74 Å². The summed E-state index contributed by atoms with van der Waals surface area (Å²) in [4.78, 5) is 7.81. The Morgan fingerprint density at radius 2 is 2.23 bits per heavy atom. The van der Waals surface area contributed by atoms with Gasteiger partial charge in [-0.2, -0.15) is 0 Å². The van der Waals surface area contributed by atoms with Crippen LogP contribution in [0.1, 0.15) is 31.4 Å². The predicted molar refractivity (Wildman–Crippen MR) is 107 cm³/mol. The zero-order chi connectivity index (χ0) is 18.3. The molecule has 5 heteroatoms. The molecule has 0 spiro atoms. The van der Waals surface area contributed by atoms with E-state index in [-0.39, 0.29) is 5.41 Å². The number of hydrogen-bond acceptors (Lipinski definition) is 2. The van der Waals surface area contributed by atoms with E-state index >= 15 is 0 Å². The minimum atomic E-state index is 0.160. The normalized spacial score (nSPS) is 27.2. The third-order valence-corrected chi connectivity index (χ3v) is 6.23. The van der Waals surface area contributed by atoms with Gasteiger partial charge in [0, 0.05) is 54.7 Å². The molecule has 2 aromatic rings. The van der Waals surface area contributed by atoms with Crippen LogP contribution in [0, 0.1) is 18.3 Å². The van der Waals surface area contributed by atoms with Gasteiger partial charge in [-0.15, -0.1) is 0 Å². The largest absolute Gasteiger partial charge is 0.377 e. The molecule has 4 rings (SSSR count). The van der Waals surface area contributed by atoms with Crippen LogP contribution in [0.15, 0.2) is 29.4 Å². The molecule has 3 atom stereocenters. The first-order chi connectivity index (χ1) is 12.5. The first-order valence-electron chi connectivity index (χ1n) is 9.66. The Bertz CT molecular complexity index is 823. The zero-order valence-corrected chi connectivity index (χ0v) is 16.2. The molecule has 1 saturated heterocycles. The summed E-state index contributed by atoms with van der Waals surface area (Å²) in [5, 5.41) is 8.44. The summed E-state index contributed by atoms with van der Waals surface area (Å²) in [6.45, 7) is 8.46. The molecule has 2 aliphatic rings. The summed E-state index contributed by atoms with van der Waals surface area (Å²) < 4.78 is 5.89. The molecule has 1 saturated carbocycles. The number of aromatic amines is 1. The number of hydrogen-bond donors (Lipinski definition) is 3. The van der Waals surface area contributed by atoms with Gasteiger partial charge in [0.1, 0.15) is 0 Å². The van der Waals surface area contributed by atoms with Crippen LogP contribution in [-0.2, 0) is 11.2 Å². The van der Waals surface area contributed by atoms with Gasteiger partial charge in [-0.25, -0.2) is 0 Å². The lowest BCUT2D eigenvalue weighted by atomic mass is 9.57. The summed E-state index contributed by atoms with van der Waals surface area (Å²) in [7, 11) is 1.85. The second-order valence-electron chi connectivity index (χ2n) is 8.30. The van der Waals surface area contributed by atoms with Crippen molar-refractivity contribution in [3.05, 3.63) is 35.5 Å². The maximum absolute atomic E-state index is 5.89. The Balaban J connectivity index is 1.34. The van der Waals surface area contributed by atoms with Gasteiger partial charge in [0.05, 0.1) is 6.10 Å². The highest BCUT2D eigenvalue weighted by molar-refractivity contribution is 5.84. The molecule has 0 amide bonds. The molecule has 3 unspecified atom stereocenters. The molecule has 3 N–H and O–H groups in total. The maximum atomic E-state index is 5.89. The van der Waals surface area contributed by atoms with Crippen molar-refractivity contribution in [2.24, 2.45) is 16.3 Å². The van der Waals surface area contributed by atoms with Crippen molar-refractivity contribution in [1.29, 1.82) is 0 Å². The number of fused-ring (bicyclic) bond motifs is 2. The quantitative estimate of drug-likeness (QED) is 0.584. The number of nitrogens with one attached hydrogen (secondary N) is 3. The van der Waals surface area contributed by atoms with E-state index in [4.69, 9.17) is 4.74 Å². The number of aryl methyl sites for hydroxylation is 1. The minimum Gasteiger partial charge on any atom is -0.377 e. The van der Waals surface area contributed by atoms with E-state index in [0.29, 0.717) is 18.1 Å². The van der Waals surface area contributed by atoms with Crippen molar-refractivity contribution in [2.45, 2.75) is 45.8 Å². The zero-order valence-electron chi connectivity index (χ0n) is 16.2. The fourth-order valence-corrected chi connectivity index (χ4v) is 4.78. The first-order valence-corrected chi connectivity index (χ1v) is 9.66. The number of benzene rings is 1. The molecule has 1 aromatic heterocycles. The molecule has 2 fully saturated rings. The smallest absolute Gasteiger partial charge is 0.191 e. The third kappa shape index (κ3) is 2.88. The Morgan fingerprint density at radius 3 is 3.04 bits per heavy atom. The van der Waals surface area contributed by atoms with Crippen LogP contribution in [0.5, 0.6) is 0 Å². The lowest BCUT2D eigenvalue weighted by Gasteiger charge is -2.54.